The van der Waals surface area contributed by atoms with Crippen molar-refractivity contribution in [2.45, 2.75) is 5.41 Å². The van der Waals surface area contributed by atoms with E-state index in [-0.39, 0.29) is 0 Å². The largest absolute Gasteiger partial charge is 0.277 e. The normalized spacial score (nSPS) is 13.0. The van der Waals surface area contributed by atoms with Crippen LogP contribution in [0.3, 0.4) is 0 Å². The van der Waals surface area contributed by atoms with Crippen LogP contribution in [0.15, 0.2) is 218 Å². The molecule has 0 saturated heterocycles. The van der Waals surface area contributed by atoms with Crippen LogP contribution in [-0.4, -0.2) is 19.5 Å². The molecular formula is C58H36N4. The van der Waals surface area contributed by atoms with Crippen molar-refractivity contribution in [2.75, 3.05) is 0 Å². The first-order chi connectivity index (χ1) is 30.8. The highest BCUT2D eigenvalue weighted by atomic mass is 15.2. The van der Waals surface area contributed by atoms with Crippen LogP contribution in [0, 0.1) is 0 Å². The Labute approximate surface area is 359 Å². The summed E-state index contributed by atoms with van der Waals surface area (Å²) >= 11 is 0. The van der Waals surface area contributed by atoms with Crippen LogP contribution in [0.1, 0.15) is 22.3 Å². The molecule has 0 unspecified atom stereocenters. The van der Waals surface area contributed by atoms with Crippen molar-refractivity contribution < 1.29 is 0 Å². The summed E-state index contributed by atoms with van der Waals surface area (Å²) in [4.78, 5) is 15.9. The van der Waals surface area contributed by atoms with Gasteiger partial charge in [-0.15, -0.1) is 0 Å². The van der Waals surface area contributed by atoms with Gasteiger partial charge in [-0.2, -0.15) is 9.97 Å². The molecule has 0 N–H and O–H groups in total. The number of nitrogens with zero attached hydrogens (tertiary/aromatic N) is 4. The highest BCUT2D eigenvalue weighted by molar-refractivity contribution is 6.14. The summed E-state index contributed by atoms with van der Waals surface area (Å²) < 4.78 is 2.26. The first-order valence-electron chi connectivity index (χ1n) is 21.2. The number of hydrogen-bond donors (Lipinski definition) is 0. The second kappa shape index (κ2) is 13.4. The Morgan fingerprint density at radius 2 is 0.806 bits per heavy atom. The summed E-state index contributed by atoms with van der Waals surface area (Å²) in [5.41, 5.74) is 18.5. The molecule has 2 aromatic heterocycles. The van der Waals surface area contributed by atoms with E-state index in [0.717, 1.165) is 55.2 Å². The third kappa shape index (κ3) is 4.92. The first kappa shape index (κ1) is 34.6. The number of hydrogen-bond acceptors (Lipinski definition) is 3. The van der Waals surface area contributed by atoms with E-state index in [1.165, 1.54) is 44.5 Å². The standard InChI is InChI=1S/C58H36N4/c1-3-17-37(18-4-1)39-21-15-22-41(35-39)56-59-55(38-19-5-2-6-20-38)60-57(61-56)62-53-32-14-10-26-47(53)48-28-16-27-42(54(48)62)40-33-34-46-45-25-9-13-31-51(45)58(52(46)36-40)49-29-11-7-23-43(49)44-24-8-12-30-50(44)58/h1-36H. The lowest BCUT2D eigenvalue weighted by molar-refractivity contribution is 0.794. The molecule has 0 atom stereocenters. The van der Waals surface area contributed by atoms with Crippen LogP contribution in [0.2, 0.25) is 0 Å². The van der Waals surface area contributed by atoms with Crippen LogP contribution in [0.25, 0.3) is 95.0 Å². The van der Waals surface area contributed by atoms with Crippen LogP contribution in [0.4, 0.5) is 0 Å². The van der Waals surface area contributed by atoms with Crippen molar-refractivity contribution in [1.82, 2.24) is 19.5 Å². The highest BCUT2D eigenvalue weighted by Gasteiger charge is 2.51. The molecule has 0 saturated carbocycles. The van der Waals surface area contributed by atoms with Gasteiger partial charge in [-0.1, -0.05) is 200 Å². The Balaban J connectivity index is 1.07. The molecule has 2 heterocycles. The Morgan fingerprint density at radius 1 is 0.306 bits per heavy atom. The van der Waals surface area contributed by atoms with Gasteiger partial charge in [0.25, 0.3) is 0 Å². The fourth-order valence-corrected chi connectivity index (χ4v) is 10.5. The van der Waals surface area contributed by atoms with Crippen molar-refractivity contribution in [3.63, 3.8) is 0 Å². The zero-order valence-corrected chi connectivity index (χ0v) is 33.6. The maximum Gasteiger partial charge on any atom is 0.238 e. The van der Waals surface area contributed by atoms with Crippen molar-refractivity contribution in [3.8, 4) is 73.2 Å². The molecule has 288 valence electrons. The second-order valence-electron chi connectivity index (χ2n) is 16.3. The van der Waals surface area contributed by atoms with Gasteiger partial charge in [-0.3, -0.25) is 4.57 Å². The monoisotopic (exact) mass is 788 g/mol. The van der Waals surface area contributed by atoms with E-state index in [9.17, 15) is 0 Å². The molecule has 4 heteroatoms. The molecule has 0 aliphatic heterocycles. The Kier molecular flexibility index (Phi) is 7.49. The average Bonchev–Trinajstić information content (AvgIpc) is 3.96. The lowest BCUT2D eigenvalue weighted by Gasteiger charge is -2.30. The van der Waals surface area contributed by atoms with Crippen molar-refractivity contribution in [3.05, 3.63) is 241 Å². The topological polar surface area (TPSA) is 43.6 Å². The van der Waals surface area contributed by atoms with E-state index in [1.54, 1.807) is 0 Å². The lowest BCUT2D eigenvalue weighted by Crippen LogP contribution is -2.25. The van der Waals surface area contributed by atoms with Gasteiger partial charge >= 0.3 is 0 Å². The molecule has 13 rings (SSSR count). The molecule has 9 aromatic carbocycles. The second-order valence-corrected chi connectivity index (χ2v) is 16.3. The van der Waals surface area contributed by atoms with Gasteiger partial charge in [0.15, 0.2) is 11.6 Å². The number of fused-ring (bicyclic) bond motifs is 13. The minimum absolute atomic E-state index is 0.447. The van der Waals surface area contributed by atoms with E-state index in [4.69, 9.17) is 15.0 Å². The van der Waals surface area contributed by atoms with Gasteiger partial charge < -0.3 is 0 Å². The quantitative estimate of drug-likeness (QED) is 0.174. The number of para-hydroxylation sites is 2. The van der Waals surface area contributed by atoms with Gasteiger partial charge in [-0.05, 0) is 79.4 Å². The molecule has 0 fully saturated rings. The maximum absolute atomic E-state index is 5.38. The minimum atomic E-state index is -0.447. The molecular weight excluding hydrogens is 753 g/mol. The van der Waals surface area contributed by atoms with Crippen molar-refractivity contribution in [1.29, 1.82) is 0 Å². The van der Waals surface area contributed by atoms with Gasteiger partial charge in [-0.25, -0.2) is 4.98 Å². The third-order valence-corrected chi connectivity index (χ3v) is 13.1. The zero-order valence-electron chi connectivity index (χ0n) is 33.6. The molecule has 4 nitrogen and oxygen atoms in total. The van der Waals surface area contributed by atoms with Crippen LogP contribution in [-0.2, 0) is 5.41 Å². The van der Waals surface area contributed by atoms with E-state index in [1.807, 2.05) is 24.3 Å². The van der Waals surface area contributed by atoms with Crippen molar-refractivity contribution in [2.24, 2.45) is 0 Å². The Morgan fingerprint density at radius 3 is 1.50 bits per heavy atom. The van der Waals surface area contributed by atoms with E-state index < -0.39 is 5.41 Å². The summed E-state index contributed by atoms with van der Waals surface area (Å²) in [5, 5.41) is 2.28. The summed E-state index contributed by atoms with van der Waals surface area (Å²) in [6.07, 6.45) is 0. The third-order valence-electron chi connectivity index (χ3n) is 13.1. The number of rotatable bonds is 5. The predicted octanol–water partition coefficient (Wildman–Crippen LogP) is 14.0. The SMILES string of the molecule is c1ccc(-c2cccc(-c3nc(-c4ccccc4)nc(-n4c5ccccc5c5cccc(-c6ccc7c(c6)C6(c8ccccc8-c8ccccc86)c6ccccc6-7)c54)n3)c2)cc1. The van der Waals surface area contributed by atoms with E-state index >= 15 is 0 Å². The zero-order chi connectivity index (χ0) is 40.8. The molecule has 11 aromatic rings. The van der Waals surface area contributed by atoms with Crippen LogP contribution < -0.4 is 0 Å². The summed E-state index contributed by atoms with van der Waals surface area (Å²) in [6.45, 7) is 0. The highest BCUT2D eigenvalue weighted by Crippen LogP contribution is 2.63. The van der Waals surface area contributed by atoms with Crippen LogP contribution in [0.5, 0.6) is 0 Å². The molecule has 1 spiro atoms. The Bertz CT molecular complexity index is 3520. The maximum atomic E-state index is 5.38. The summed E-state index contributed by atoms with van der Waals surface area (Å²) in [5.74, 6) is 1.81. The fraction of sp³-hybridized carbons (Fsp3) is 0.0172. The first-order valence-corrected chi connectivity index (χ1v) is 21.2. The number of benzene rings is 9. The molecule has 2 aliphatic rings. The number of aromatic nitrogens is 4. The van der Waals surface area contributed by atoms with Gasteiger partial charge in [0.05, 0.1) is 16.4 Å². The van der Waals surface area contributed by atoms with Crippen molar-refractivity contribution >= 4 is 21.8 Å². The smallest absolute Gasteiger partial charge is 0.238 e. The van der Waals surface area contributed by atoms with Gasteiger partial charge in [0, 0.05) is 27.5 Å². The predicted molar refractivity (Wildman–Crippen MR) is 252 cm³/mol. The summed E-state index contributed by atoms with van der Waals surface area (Å²) in [6, 6.07) is 78.6. The fourth-order valence-electron chi connectivity index (χ4n) is 10.5. The molecule has 62 heavy (non-hydrogen) atoms. The molecule has 0 radical (unpaired) electrons. The van der Waals surface area contributed by atoms with E-state index in [2.05, 4.69) is 199 Å². The van der Waals surface area contributed by atoms with E-state index in [0.29, 0.717) is 17.6 Å². The molecule has 0 bridgehead atoms. The van der Waals surface area contributed by atoms with Crippen LogP contribution >= 0.6 is 0 Å². The minimum Gasteiger partial charge on any atom is -0.277 e. The summed E-state index contributed by atoms with van der Waals surface area (Å²) in [7, 11) is 0. The molecule has 0 amide bonds. The van der Waals surface area contributed by atoms with Gasteiger partial charge in [0.2, 0.25) is 5.95 Å². The average molecular weight is 789 g/mol. The molecule has 2 aliphatic carbocycles. The van der Waals surface area contributed by atoms with Gasteiger partial charge in [0.1, 0.15) is 0 Å². The lowest BCUT2D eigenvalue weighted by atomic mass is 9.70. The Hall–Kier alpha value is -8.21.